The third kappa shape index (κ3) is 3.71. The fourth-order valence-corrected chi connectivity index (χ4v) is 2.76. The molecule has 24 heavy (non-hydrogen) atoms. The molecule has 126 valence electrons. The molecule has 0 saturated carbocycles. The molecule has 1 amide bonds. The van der Waals surface area contributed by atoms with Crippen LogP contribution in [0.4, 0.5) is 10.2 Å². The van der Waals surface area contributed by atoms with Crippen LogP contribution in [0.2, 0.25) is 0 Å². The first kappa shape index (κ1) is 16.4. The highest BCUT2D eigenvalue weighted by atomic mass is 19.1. The van der Waals surface area contributed by atoms with Gasteiger partial charge in [0.05, 0.1) is 5.56 Å². The Bertz CT molecular complexity index is 714. The maximum atomic E-state index is 13.7. The summed E-state index contributed by atoms with van der Waals surface area (Å²) >= 11 is 0. The van der Waals surface area contributed by atoms with Gasteiger partial charge in [-0.2, -0.15) is 0 Å². The number of nitrogens with one attached hydrogen (secondary N) is 1. The van der Waals surface area contributed by atoms with Crippen molar-refractivity contribution in [3.8, 4) is 0 Å². The number of benzene rings is 1. The zero-order valence-electron chi connectivity index (χ0n) is 13.7. The molecule has 0 unspecified atom stereocenters. The smallest absolute Gasteiger partial charge is 0.255 e. The number of likely N-dealkylation sites (N-methyl/N-ethyl adjacent to an activating group) is 1. The van der Waals surface area contributed by atoms with E-state index in [1.54, 1.807) is 36.5 Å². The SMILES string of the molecule is CN1CCN(c2ncccc2C(=O)NCc2ccccc2F)CC1. The summed E-state index contributed by atoms with van der Waals surface area (Å²) in [6, 6.07) is 9.95. The van der Waals surface area contributed by atoms with Crippen LogP contribution >= 0.6 is 0 Å². The van der Waals surface area contributed by atoms with Gasteiger partial charge < -0.3 is 15.1 Å². The molecule has 6 heteroatoms. The molecule has 1 aliphatic rings. The second-order valence-electron chi connectivity index (χ2n) is 5.94. The lowest BCUT2D eigenvalue weighted by atomic mass is 10.2. The summed E-state index contributed by atoms with van der Waals surface area (Å²) in [7, 11) is 2.08. The fraction of sp³-hybridized carbons (Fsp3) is 0.333. The van der Waals surface area contributed by atoms with E-state index in [0.29, 0.717) is 16.9 Å². The standard InChI is InChI=1S/C18H21FN4O/c1-22-9-11-23(12-10-22)17-15(6-4-8-20-17)18(24)21-13-14-5-2-3-7-16(14)19/h2-8H,9-13H2,1H3,(H,21,24). The molecule has 1 aromatic heterocycles. The van der Waals surface area contributed by atoms with Gasteiger partial charge in [0.1, 0.15) is 11.6 Å². The minimum atomic E-state index is -0.316. The van der Waals surface area contributed by atoms with Gasteiger partial charge >= 0.3 is 0 Å². The lowest BCUT2D eigenvalue weighted by molar-refractivity contribution is 0.0950. The van der Waals surface area contributed by atoms with Crippen LogP contribution in [-0.4, -0.2) is 49.0 Å². The molecule has 0 atom stereocenters. The van der Waals surface area contributed by atoms with Crippen molar-refractivity contribution in [3.63, 3.8) is 0 Å². The van der Waals surface area contributed by atoms with Crippen molar-refractivity contribution < 1.29 is 9.18 Å². The molecule has 0 bridgehead atoms. The number of carbonyl (C=O) groups excluding carboxylic acids is 1. The van der Waals surface area contributed by atoms with Gasteiger partial charge in [-0.05, 0) is 25.2 Å². The van der Waals surface area contributed by atoms with E-state index >= 15 is 0 Å². The molecule has 0 aliphatic carbocycles. The normalized spacial score (nSPS) is 15.3. The molecule has 0 radical (unpaired) electrons. The van der Waals surface area contributed by atoms with Crippen molar-refractivity contribution in [2.45, 2.75) is 6.54 Å². The Kier molecular flexibility index (Phi) is 5.05. The van der Waals surface area contributed by atoms with Crippen LogP contribution in [0, 0.1) is 5.82 Å². The number of aromatic nitrogens is 1. The second-order valence-corrected chi connectivity index (χ2v) is 5.94. The Morgan fingerprint density at radius 3 is 2.67 bits per heavy atom. The summed E-state index contributed by atoms with van der Waals surface area (Å²) in [6.45, 7) is 3.70. The molecule has 2 aromatic rings. The number of halogens is 1. The number of amides is 1. The van der Waals surface area contributed by atoms with Gasteiger partial charge in [-0.1, -0.05) is 18.2 Å². The van der Waals surface area contributed by atoms with Crippen molar-refractivity contribution in [1.29, 1.82) is 0 Å². The van der Waals surface area contributed by atoms with E-state index in [2.05, 4.69) is 27.1 Å². The largest absolute Gasteiger partial charge is 0.353 e. The summed E-state index contributed by atoms with van der Waals surface area (Å²) < 4.78 is 13.7. The third-order valence-corrected chi connectivity index (χ3v) is 4.23. The third-order valence-electron chi connectivity index (χ3n) is 4.23. The number of carbonyl (C=O) groups is 1. The van der Waals surface area contributed by atoms with E-state index in [0.717, 1.165) is 26.2 Å². The Morgan fingerprint density at radius 1 is 1.17 bits per heavy atom. The maximum absolute atomic E-state index is 13.7. The molecule has 1 aliphatic heterocycles. The molecule has 1 fully saturated rings. The zero-order valence-corrected chi connectivity index (χ0v) is 13.7. The second kappa shape index (κ2) is 7.40. The lowest BCUT2D eigenvalue weighted by Crippen LogP contribution is -2.45. The quantitative estimate of drug-likeness (QED) is 0.931. The number of piperazine rings is 1. The summed E-state index contributed by atoms with van der Waals surface area (Å²) in [5, 5.41) is 2.79. The summed E-state index contributed by atoms with van der Waals surface area (Å²) in [5.74, 6) is 0.139. The van der Waals surface area contributed by atoms with E-state index < -0.39 is 0 Å². The predicted molar refractivity (Wildman–Crippen MR) is 91.5 cm³/mol. The highest BCUT2D eigenvalue weighted by Crippen LogP contribution is 2.19. The van der Waals surface area contributed by atoms with Crippen LogP contribution in [0.25, 0.3) is 0 Å². The molecular weight excluding hydrogens is 307 g/mol. The molecule has 5 nitrogen and oxygen atoms in total. The number of rotatable bonds is 4. The van der Waals surface area contributed by atoms with Gasteiger partial charge in [-0.25, -0.2) is 9.37 Å². The Morgan fingerprint density at radius 2 is 1.92 bits per heavy atom. The van der Waals surface area contributed by atoms with E-state index in [1.165, 1.54) is 6.07 Å². The number of nitrogens with zero attached hydrogens (tertiary/aromatic N) is 3. The molecule has 3 rings (SSSR count). The molecule has 2 heterocycles. The van der Waals surface area contributed by atoms with E-state index in [-0.39, 0.29) is 18.3 Å². The van der Waals surface area contributed by atoms with Crippen molar-refractivity contribution in [3.05, 3.63) is 59.5 Å². The van der Waals surface area contributed by atoms with E-state index in [1.807, 2.05) is 0 Å². The summed E-state index contributed by atoms with van der Waals surface area (Å²) in [4.78, 5) is 21.3. The van der Waals surface area contributed by atoms with Gasteiger partial charge in [-0.3, -0.25) is 4.79 Å². The van der Waals surface area contributed by atoms with Crippen LogP contribution in [0.15, 0.2) is 42.6 Å². The fourth-order valence-electron chi connectivity index (χ4n) is 2.76. The van der Waals surface area contributed by atoms with Crippen molar-refractivity contribution in [1.82, 2.24) is 15.2 Å². The first-order chi connectivity index (χ1) is 11.6. The lowest BCUT2D eigenvalue weighted by Gasteiger charge is -2.34. The number of hydrogen-bond donors (Lipinski definition) is 1. The summed E-state index contributed by atoms with van der Waals surface area (Å²) in [6.07, 6.45) is 1.70. The highest BCUT2D eigenvalue weighted by molar-refractivity contribution is 5.98. The first-order valence-electron chi connectivity index (χ1n) is 8.05. The monoisotopic (exact) mass is 328 g/mol. The Labute approximate surface area is 141 Å². The average Bonchev–Trinajstić information content (AvgIpc) is 2.61. The molecule has 0 spiro atoms. The van der Waals surface area contributed by atoms with Gasteiger partial charge in [0.2, 0.25) is 0 Å². The maximum Gasteiger partial charge on any atom is 0.255 e. The van der Waals surface area contributed by atoms with Gasteiger partial charge in [0, 0.05) is 44.5 Å². The number of anilines is 1. The van der Waals surface area contributed by atoms with Crippen molar-refractivity contribution >= 4 is 11.7 Å². The topological polar surface area (TPSA) is 48.5 Å². The predicted octanol–water partition coefficient (Wildman–Crippen LogP) is 1.90. The van der Waals surface area contributed by atoms with E-state index in [4.69, 9.17) is 0 Å². The van der Waals surface area contributed by atoms with Crippen LogP contribution in [-0.2, 0) is 6.54 Å². The van der Waals surface area contributed by atoms with Crippen LogP contribution in [0.5, 0.6) is 0 Å². The Hall–Kier alpha value is -2.47. The van der Waals surface area contributed by atoms with Gasteiger partial charge in [-0.15, -0.1) is 0 Å². The first-order valence-corrected chi connectivity index (χ1v) is 8.05. The molecular formula is C18H21FN4O. The van der Waals surface area contributed by atoms with Crippen LogP contribution < -0.4 is 10.2 Å². The van der Waals surface area contributed by atoms with Gasteiger partial charge in [0.25, 0.3) is 5.91 Å². The molecule has 1 N–H and O–H groups in total. The molecule has 1 saturated heterocycles. The minimum Gasteiger partial charge on any atom is -0.353 e. The van der Waals surface area contributed by atoms with Crippen molar-refractivity contribution in [2.75, 3.05) is 38.1 Å². The van der Waals surface area contributed by atoms with Crippen LogP contribution in [0.1, 0.15) is 15.9 Å². The van der Waals surface area contributed by atoms with Crippen molar-refractivity contribution in [2.24, 2.45) is 0 Å². The number of pyridine rings is 1. The van der Waals surface area contributed by atoms with E-state index in [9.17, 15) is 9.18 Å². The number of hydrogen-bond acceptors (Lipinski definition) is 4. The van der Waals surface area contributed by atoms with Gasteiger partial charge in [0.15, 0.2) is 0 Å². The molecule has 1 aromatic carbocycles. The minimum absolute atomic E-state index is 0.155. The highest BCUT2D eigenvalue weighted by Gasteiger charge is 2.21. The summed E-state index contributed by atoms with van der Waals surface area (Å²) in [5.41, 5.74) is 0.995. The average molecular weight is 328 g/mol. The Balaban J connectivity index is 1.72. The van der Waals surface area contributed by atoms with Crippen LogP contribution in [0.3, 0.4) is 0 Å². The zero-order chi connectivity index (χ0) is 16.9.